The lowest BCUT2D eigenvalue weighted by Crippen LogP contribution is -2.28. The van der Waals surface area contributed by atoms with Crippen molar-refractivity contribution in [3.05, 3.63) is 22.6 Å². The van der Waals surface area contributed by atoms with Crippen molar-refractivity contribution in [1.82, 2.24) is 5.32 Å². The summed E-state index contributed by atoms with van der Waals surface area (Å²) >= 11 is 5.50. The first-order valence-corrected chi connectivity index (χ1v) is 5.08. The van der Waals surface area contributed by atoms with E-state index in [0.717, 1.165) is 0 Å². The van der Waals surface area contributed by atoms with Gasteiger partial charge in [0.25, 0.3) is 0 Å². The zero-order valence-electron chi connectivity index (χ0n) is 9.93. The third-order valence-corrected chi connectivity index (χ3v) is 1.57. The molecule has 0 aliphatic carbocycles. The van der Waals surface area contributed by atoms with Crippen molar-refractivity contribution in [3.63, 3.8) is 0 Å². The summed E-state index contributed by atoms with van der Waals surface area (Å²) in [6, 6.07) is 0. The maximum atomic E-state index is 11.7. The van der Waals surface area contributed by atoms with Crippen LogP contribution in [0.4, 0.5) is 0 Å². The molecule has 0 aromatic rings. The highest BCUT2D eigenvalue weighted by molar-refractivity contribution is 6.29. The smallest absolute Gasteiger partial charge is 0.342 e. The largest absolute Gasteiger partial charge is 0.456 e. The summed E-state index contributed by atoms with van der Waals surface area (Å²) in [6.45, 7) is 5.27. The summed E-state index contributed by atoms with van der Waals surface area (Å²) in [5, 5.41) is 2.59. The number of esters is 1. The first kappa shape index (κ1) is 14.6. The molecule has 0 saturated carbocycles. The van der Waals surface area contributed by atoms with Gasteiger partial charge >= 0.3 is 5.97 Å². The number of hydrogen-bond acceptors (Lipinski definition) is 5. The predicted molar refractivity (Wildman–Crippen MR) is 64.2 cm³/mol. The molecule has 0 atom stereocenters. The van der Waals surface area contributed by atoms with E-state index in [1.807, 2.05) is 0 Å². The van der Waals surface area contributed by atoms with E-state index >= 15 is 0 Å². The minimum atomic E-state index is -0.606. The van der Waals surface area contributed by atoms with Gasteiger partial charge in [-0.05, 0) is 26.8 Å². The highest BCUT2D eigenvalue weighted by atomic mass is 35.5. The quantitative estimate of drug-likeness (QED) is 0.296. The summed E-state index contributed by atoms with van der Waals surface area (Å²) in [5.74, 6) is -0.430. The highest BCUT2D eigenvalue weighted by Gasteiger charge is 2.20. The van der Waals surface area contributed by atoms with Crippen molar-refractivity contribution in [2.75, 3.05) is 7.05 Å². The first-order chi connectivity index (χ1) is 7.17. The van der Waals surface area contributed by atoms with E-state index in [1.54, 1.807) is 27.8 Å². The monoisotopic (exact) mass is 247 g/mol. The van der Waals surface area contributed by atoms with E-state index in [1.165, 1.54) is 6.08 Å². The minimum absolute atomic E-state index is 0.0425. The maximum absolute atomic E-state index is 11.7. The lowest BCUT2D eigenvalue weighted by molar-refractivity contribution is -0.149. The summed E-state index contributed by atoms with van der Waals surface area (Å²) in [6.07, 6.45) is 1.25. The summed E-state index contributed by atoms with van der Waals surface area (Å²) in [4.78, 5) is 11.7. The number of carbonyl (C=O) groups excluding carboxylic acids is 1. The van der Waals surface area contributed by atoms with Crippen LogP contribution in [0.3, 0.4) is 0 Å². The SMILES string of the molecule is CN/C(N)=C(/C=C(\N)Cl)C(=O)OC(C)(C)C. The molecule has 0 spiro atoms. The average Bonchev–Trinajstić information content (AvgIpc) is 2.09. The van der Waals surface area contributed by atoms with Crippen molar-refractivity contribution in [2.24, 2.45) is 11.5 Å². The number of halogens is 1. The Kier molecular flexibility index (Phi) is 5.17. The van der Waals surface area contributed by atoms with Crippen LogP contribution in [0.1, 0.15) is 20.8 Å². The standard InChI is InChI=1S/C10H18ClN3O2/c1-10(2,3)16-9(15)6(5-7(11)12)8(13)14-4/h5,14H,12-13H2,1-4H3/b7-5-,8-6-. The number of hydrogen-bond donors (Lipinski definition) is 3. The molecule has 16 heavy (non-hydrogen) atoms. The molecule has 0 amide bonds. The lowest BCUT2D eigenvalue weighted by atomic mass is 10.2. The van der Waals surface area contributed by atoms with Gasteiger partial charge < -0.3 is 21.5 Å². The molecular weight excluding hydrogens is 230 g/mol. The number of ether oxygens (including phenoxy) is 1. The van der Waals surface area contributed by atoms with E-state index in [9.17, 15) is 4.79 Å². The van der Waals surface area contributed by atoms with E-state index in [-0.39, 0.29) is 16.6 Å². The molecule has 6 heteroatoms. The van der Waals surface area contributed by atoms with Crippen LogP contribution in [0.2, 0.25) is 0 Å². The minimum Gasteiger partial charge on any atom is -0.456 e. The van der Waals surface area contributed by atoms with Gasteiger partial charge in [-0.1, -0.05) is 11.6 Å². The third-order valence-electron chi connectivity index (χ3n) is 1.46. The first-order valence-electron chi connectivity index (χ1n) is 4.71. The van der Waals surface area contributed by atoms with E-state index in [2.05, 4.69) is 5.32 Å². The van der Waals surface area contributed by atoms with Crippen LogP contribution in [0.25, 0.3) is 0 Å². The van der Waals surface area contributed by atoms with Crippen molar-refractivity contribution >= 4 is 17.6 Å². The van der Waals surface area contributed by atoms with Gasteiger partial charge in [-0.3, -0.25) is 0 Å². The van der Waals surface area contributed by atoms with Crippen LogP contribution < -0.4 is 16.8 Å². The van der Waals surface area contributed by atoms with E-state index < -0.39 is 11.6 Å². The normalized spacial score (nSPS) is 14.2. The molecule has 0 aromatic carbocycles. The molecule has 5 nitrogen and oxygen atoms in total. The van der Waals surface area contributed by atoms with Crippen LogP contribution in [0, 0.1) is 0 Å². The number of nitrogens with one attached hydrogen (secondary N) is 1. The summed E-state index contributed by atoms with van der Waals surface area (Å²) < 4.78 is 5.15. The molecule has 0 aliphatic rings. The molecular formula is C10H18ClN3O2. The Morgan fingerprint density at radius 2 is 1.88 bits per heavy atom. The van der Waals surface area contributed by atoms with Crippen molar-refractivity contribution in [3.8, 4) is 0 Å². The van der Waals surface area contributed by atoms with Crippen LogP contribution >= 0.6 is 11.6 Å². The Bertz CT molecular complexity index is 325. The lowest BCUT2D eigenvalue weighted by Gasteiger charge is -2.20. The van der Waals surface area contributed by atoms with Gasteiger partial charge in [0.2, 0.25) is 0 Å². The highest BCUT2D eigenvalue weighted by Crippen LogP contribution is 2.13. The fourth-order valence-corrected chi connectivity index (χ4v) is 0.961. The summed E-state index contributed by atoms with van der Waals surface area (Å²) in [5.41, 5.74) is 10.4. The third kappa shape index (κ3) is 5.50. The van der Waals surface area contributed by atoms with Crippen molar-refractivity contribution in [2.45, 2.75) is 26.4 Å². The zero-order valence-corrected chi connectivity index (χ0v) is 10.7. The Balaban J connectivity index is 5.09. The zero-order chi connectivity index (χ0) is 12.9. The van der Waals surface area contributed by atoms with Gasteiger partial charge in [0.1, 0.15) is 22.2 Å². The van der Waals surface area contributed by atoms with Gasteiger partial charge in [0.15, 0.2) is 0 Å². The number of rotatable bonds is 3. The summed E-state index contributed by atoms with van der Waals surface area (Å²) in [7, 11) is 1.58. The van der Waals surface area contributed by atoms with Crippen LogP contribution in [0.15, 0.2) is 22.6 Å². The molecule has 5 N–H and O–H groups in total. The Hall–Kier alpha value is -1.36. The Morgan fingerprint density at radius 3 is 2.19 bits per heavy atom. The fourth-order valence-electron chi connectivity index (χ4n) is 0.852. The number of nitrogens with two attached hydrogens (primary N) is 2. The van der Waals surface area contributed by atoms with E-state index in [0.29, 0.717) is 0 Å². The molecule has 0 unspecified atom stereocenters. The molecule has 0 fully saturated rings. The maximum Gasteiger partial charge on any atom is 0.342 e. The van der Waals surface area contributed by atoms with Gasteiger partial charge in [-0.25, -0.2) is 4.79 Å². The predicted octanol–water partition coefficient (Wildman–Crippen LogP) is 0.757. The molecule has 0 radical (unpaired) electrons. The van der Waals surface area contributed by atoms with Gasteiger partial charge in [-0.2, -0.15) is 0 Å². The Labute approximate surface area is 100 Å². The van der Waals surface area contributed by atoms with E-state index in [4.69, 9.17) is 27.8 Å². The van der Waals surface area contributed by atoms with Gasteiger partial charge in [-0.15, -0.1) is 0 Å². The van der Waals surface area contributed by atoms with Crippen molar-refractivity contribution < 1.29 is 9.53 Å². The molecule has 0 rings (SSSR count). The molecule has 0 heterocycles. The number of carbonyl (C=O) groups is 1. The van der Waals surface area contributed by atoms with Gasteiger partial charge in [0.05, 0.1) is 0 Å². The van der Waals surface area contributed by atoms with Crippen LogP contribution in [0.5, 0.6) is 0 Å². The van der Waals surface area contributed by atoms with Gasteiger partial charge in [0, 0.05) is 7.05 Å². The fraction of sp³-hybridized carbons (Fsp3) is 0.500. The van der Waals surface area contributed by atoms with Crippen LogP contribution in [-0.2, 0) is 9.53 Å². The topological polar surface area (TPSA) is 90.4 Å². The average molecular weight is 248 g/mol. The van der Waals surface area contributed by atoms with Crippen molar-refractivity contribution in [1.29, 1.82) is 0 Å². The second-order valence-electron chi connectivity index (χ2n) is 4.11. The second-order valence-corrected chi connectivity index (χ2v) is 4.54. The Morgan fingerprint density at radius 1 is 1.38 bits per heavy atom. The molecule has 0 saturated heterocycles. The second kappa shape index (κ2) is 5.65. The molecule has 0 aromatic heterocycles. The molecule has 0 bridgehead atoms. The van der Waals surface area contributed by atoms with Crippen LogP contribution in [-0.4, -0.2) is 18.6 Å². The molecule has 92 valence electrons. The molecule has 0 aliphatic heterocycles.